The maximum absolute atomic E-state index is 13.2. The third-order valence-electron chi connectivity index (χ3n) is 3.24. The standard InChI is InChI=1S/C16H12FNOS/c1-20-15-5-3-2-4-12(15)16(19)13-9-18-14-8-10(17)6-7-11(13)14/h2-9,18H,1H3. The molecule has 0 amide bonds. The summed E-state index contributed by atoms with van der Waals surface area (Å²) in [4.78, 5) is 16.5. The van der Waals surface area contributed by atoms with E-state index >= 15 is 0 Å². The van der Waals surface area contributed by atoms with Crippen molar-refractivity contribution in [2.75, 3.05) is 6.26 Å². The lowest BCUT2D eigenvalue weighted by molar-refractivity contribution is 0.103. The quantitative estimate of drug-likeness (QED) is 0.576. The molecule has 0 aliphatic carbocycles. The van der Waals surface area contributed by atoms with E-state index < -0.39 is 0 Å². The molecule has 0 saturated carbocycles. The van der Waals surface area contributed by atoms with Gasteiger partial charge in [0.15, 0.2) is 5.78 Å². The molecule has 0 atom stereocenters. The number of carbonyl (C=O) groups is 1. The van der Waals surface area contributed by atoms with Crippen molar-refractivity contribution in [1.82, 2.24) is 4.98 Å². The van der Waals surface area contributed by atoms with E-state index in [4.69, 9.17) is 0 Å². The molecule has 20 heavy (non-hydrogen) atoms. The number of benzene rings is 2. The van der Waals surface area contributed by atoms with Gasteiger partial charge in [0.05, 0.1) is 0 Å². The Morgan fingerprint density at radius 3 is 2.75 bits per heavy atom. The molecule has 2 nitrogen and oxygen atoms in total. The molecule has 100 valence electrons. The van der Waals surface area contributed by atoms with Crippen LogP contribution in [0.2, 0.25) is 0 Å². The zero-order valence-corrected chi connectivity index (χ0v) is 11.6. The number of hydrogen-bond donors (Lipinski definition) is 1. The van der Waals surface area contributed by atoms with Crippen LogP contribution in [0.15, 0.2) is 53.6 Å². The zero-order chi connectivity index (χ0) is 14.1. The van der Waals surface area contributed by atoms with Crippen molar-refractivity contribution in [3.8, 4) is 0 Å². The van der Waals surface area contributed by atoms with Crippen LogP contribution in [0.4, 0.5) is 4.39 Å². The minimum absolute atomic E-state index is 0.0483. The molecule has 3 aromatic rings. The average Bonchev–Trinajstić information content (AvgIpc) is 2.89. The molecule has 0 bridgehead atoms. The molecular formula is C16H12FNOS. The number of nitrogens with one attached hydrogen (secondary N) is 1. The normalized spacial score (nSPS) is 10.9. The van der Waals surface area contributed by atoms with Crippen LogP contribution in [-0.2, 0) is 0 Å². The highest BCUT2D eigenvalue weighted by Crippen LogP contribution is 2.26. The highest BCUT2D eigenvalue weighted by atomic mass is 32.2. The number of H-pyrrole nitrogens is 1. The number of rotatable bonds is 3. The molecule has 1 N–H and O–H groups in total. The number of thioether (sulfide) groups is 1. The minimum atomic E-state index is -0.317. The Morgan fingerprint density at radius 1 is 1.15 bits per heavy atom. The van der Waals surface area contributed by atoms with Crippen LogP contribution in [0.1, 0.15) is 15.9 Å². The Morgan fingerprint density at radius 2 is 1.95 bits per heavy atom. The van der Waals surface area contributed by atoms with Crippen LogP contribution < -0.4 is 0 Å². The topological polar surface area (TPSA) is 32.9 Å². The number of aromatic amines is 1. The first-order chi connectivity index (χ1) is 9.70. The lowest BCUT2D eigenvalue weighted by Crippen LogP contribution is -2.02. The van der Waals surface area contributed by atoms with Gasteiger partial charge < -0.3 is 4.98 Å². The molecule has 3 rings (SSSR count). The largest absolute Gasteiger partial charge is 0.360 e. The van der Waals surface area contributed by atoms with Crippen molar-refractivity contribution in [1.29, 1.82) is 0 Å². The van der Waals surface area contributed by atoms with Gasteiger partial charge in [-0.05, 0) is 36.6 Å². The molecule has 0 saturated heterocycles. The number of fused-ring (bicyclic) bond motifs is 1. The van der Waals surface area contributed by atoms with Crippen molar-refractivity contribution in [2.45, 2.75) is 4.90 Å². The first kappa shape index (κ1) is 12.9. The maximum atomic E-state index is 13.2. The summed E-state index contributed by atoms with van der Waals surface area (Å²) in [6, 6.07) is 11.9. The average molecular weight is 285 g/mol. The van der Waals surface area contributed by atoms with Gasteiger partial charge in [-0.15, -0.1) is 11.8 Å². The van der Waals surface area contributed by atoms with E-state index in [0.29, 0.717) is 16.6 Å². The van der Waals surface area contributed by atoms with Gasteiger partial charge in [0.25, 0.3) is 0 Å². The van der Waals surface area contributed by atoms with Crippen LogP contribution in [0.5, 0.6) is 0 Å². The second-order valence-electron chi connectivity index (χ2n) is 4.42. The molecule has 1 heterocycles. The van der Waals surface area contributed by atoms with Gasteiger partial charge >= 0.3 is 0 Å². The molecule has 0 unspecified atom stereocenters. The second-order valence-corrected chi connectivity index (χ2v) is 5.27. The fourth-order valence-electron chi connectivity index (χ4n) is 2.26. The number of aromatic nitrogens is 1. The minimum Gasteiger partial charge on any atom is -0.360 e. The summed E-state index contributed by atoms with van der Waals surface area (Å²) in [7, 11) is 0. The van der Waals surface area contributed by atoms with E-state index in [2.05, 4.69) is 4.98 Å². The molecule has 0 fully saturated rings. The Labute approximate surface area is 120 Å². The summed E-state index contributed by atoms with van der Waals surface area (Å²) in [6.45, 7) is 0. The molecule has 4 heteroatoms. The summed E-state index contributed by atoms with van der Waals surface area (Å²) in [5.41, 5.74) is 1.88. The summed E-state index contributed by atoms with van der Waals surface area (Å²) >= 11 is 1.54. The Bertz CT molecular complexity index is 794. The lowest BCUT2D eigenvalue weighted by atomic mass is 10.0. The summed E-state index contributed by atoms with van der Waals surface area (Å²) in [5, 5.41) is 0.743. The smallest absolute Gasteiger partial charge is 0.196 e. The third kappa shape index (κ3) is 2.12. The number of hydrogen-bond acceptors (Lipinski definition) is 2. The molecule has 2 aromatic carbocycles. The third-order valence-corrected chi connectivity index (χ3v) is 4.04. The van der Waals surface area contributed by atoms with Crippen molar-refractivity contribution >= 4 is 28.4 Å². The molecule has 1 aromatic heterocycles. The van der Waals surface area contributed by atoms with Crippen molar-refractivity contribution in [3.05, 3.63) is 65.6 Å². The van der Waals surface area contributed by atoms with E-state index in [1.165, 1.54) is 23.9 Å². The van der Waals surface area contributed by atoms with Crippen LogP contribution in [0, 0.1) is 5.82 Å². The summed E-state index contributed by atoms with van der Waals surface area (Å²) < 4.78 is 13.2. The van der Waals surface area contributed by atoms with Gasteiger partial charge in [-0.25, -0.2) is 4.39 Å². The van der Waals surface area contributed by atoms with Gasteiger partial charge in [0.2, 0.25) is 0 Å². The Kier molecular flexibility index (Phi) is 3.32. The molecule has 0 radical (unpaired) electrons. The molecule has 0 spiro atoms. The fraction of sp³-hybridized carbons (Fsp3) is 0.0625. The maximum Gasteiger partial charge on any atom is 0.196 e. The number of carbonyl (C=O) groups excluding carboxylic acids is 1. The lowest BCUT2D eigenvalue weighted by Gasteiger charge is -2.05. The van der Waals surface area contributed by atoms with Gasteiger partial charge in [0, 0.05) is 33.1 Å². The van der Waals surface area contributed by atoms with Crippen molar-refractivity contribution in [3.63, 3.8) is 0 Å². The summed E-state index contributed by atoms with van der Waals surface area (Å²) in [5.74, 6) is -0.365. The number of halogens is 1. The predicted molar refractivity (Wildman–Crippen MR) is 79.9 cm³/mol. The van der Waals surface area contributed by atoms with Gasteiger partial charge in [-0.3, -0.25) is 4.79 Å². The highest BCUT2D eigenvalue weighted by Gasteiger charge is 2.16. The Balaban J connectivity index is 2.13. The first-order valence-corrected chi connectivity index (χ1v) is 7.37. The fourth-order valence-corrected chi connectivity index (χ4v) is 2.86. The van der Waals surface area contributed by atoms with Crippen LogP contribution in [-0.4, -0.2) is 17.0 Å². The summed E-state index contributed by atoms with van der Waals surface area (Å²) in [6.07, 6.45) is 3.58. The van der Waals surface area contributed by atoms with Crippen molar-refractivity contribution < 1.29 is 9.18 Å². The Hall–Kier alpha value is -2.07. The van der Waals surface area contributed by atoms with Crippen LogP contribution >= 0.6 is 11.8 Å². The van der Waals surface area contributed by atoms with Gasteiger partial charge in [0.1, 0.15) is 5.82 Å². The van der Waals surface area contributed by atoms with E-state index in [1.54, 1.807) is 12.3 Å². The monoisotopic (exact) mass is 285 g/mol. The predicted octanol–water partition coefficient (Wildman–Crippen LogP) is 4.26. The van der Waals surface area contributed by atoms with E-state index in [1.807, 2.05) is 30.5 Å². The van der Waals surface area contributed by atoms with Crippen molar-refractivity contribution in [2.24, 2.45) is 0 Å². The zero-order valence-electron chi connectivity index (χ0n) is 10.8. The SMILES string of the molecule is CSc1ccccc1C(=O)c1c[nH]c2cc(F)ccc12. The molecular weight excluding hydrogens is 273 g/mol. The van der Waals surface area contributed by atoms with E-state index in [0.717, 1.165) is 10.3 Å². The van der Waals surface area contributed by atoms with E-state index in [9.17, 15) is 9.18 Å². The number of ketones is 1. The highest BCUT2D eigenvalue weighted by molar-refractivity contribution is 7.98. The molecule has 0 aliphatic heterocycles. The van der Waals surface area contributed by atoms with Crippen LogP contribution in [0.3, 0.4) is 0 Å². The van der Waals surface area contributed by atoms with Gasteiger partial charge in [-0.2, -0.15) is 0 Å². The van der Waals surface area contributed by atoms with E-state index in [-0.39, 0.29) is 11.6 Å². The second kappa shape index (κ2) is 5.13. The first-order valence-electron chi connectivity index (χ1n) is 6.15. The molecule has 0 aliphatic rings. The van der Waals surface area contributed by atoms with Crippen LogP contribution in [0.25, 0.3) is 10.9 Å². The van der Waals surface area contributed by atoms with Gasteiger partial charge in [-0.1, -0.05) is 12.1 Å².